The molecule has 0 bridgehead atoms. The van der Waals surface area contributed by atoms with Gasteiger partial charge < -0.3 is 10.8 Å². The van der Waals surface area contributed by atoms with Gasteiger partial charge in [-0.3, -0.25) is 4.79 Å². The Morgan fingerprint density at radius 1 is 1.04 bits per heavy atom. The minimum atomic E-state index is -0.954. The Morgan fingerprint density at radius 2 is 1.62 bits per heavy atom. The Morgan fingerprint density at radius 3 is 2.21 bits per heavy atom. The van der Waals surface area contributed by atoms with Gasteiger partial charge in [0.05, 0.1) is 0 Å². The average Bonchev–Trinajstić information content (AvgIpc) is 2.58. The normalized spacial score (nSPS) is 12.6. The lowest BCUT2D eigenvalue weighted by Crippen LogP contribution is -2.32. The van der Waals surface area contributed by atoms with Crippen LogP contribution in [0.25, 0.3) is 6.08 Å². The Bertz CT molecular complexity index is 479. The molecule has 1 aromatic carbocycles. The molecule has 3 heteroatoms. The molecule has 0 aliphatic heterocycles. The van der Waals surface area contributed by atoms with Crippen LogP contribution in [0, 0.1) is 0 Å². The van der Waals surface area contributed by atoms with E-state index < -0.39 is 12.0 Å². The number of unbranched alkanes of at least 4 members (excludes halogenated alkanes) is 8. The van der Waals surface area contributed by atoms with Crippen LogP contribution >= 0.6 is 0 Å². The summed E-state index contributed by atoms with van der Waals surface area (Å²) < 4.78 is 0. The zero-order chi connectivity index (χ0) is 17.6. The van der Waals surface area contributed by atoms with E-state index in [1.54, 1.807) is 0 Å². The van der Waals surface area contributed by atoms with Crippen LogP contribution in [0.3, 0.4) is 0 Å². The highest BCUT2D eigenvalue weighted by Crippen LogP contribution is 2.12. The number of aliphatic carboxylic acids is 1. The van der Waals surface area contributed by atoms with Crippen LogP contribution in [0.1, 0.15) is 75.8 Å². The van der Waals surface area contributed by atoms with Crippen molar-refractivity contribution in [2.75, 3.05) is 0 Å². The second-order valence-electron chi connectivity index (χ2n) is 6.56. The smallest absolute Gasteiger partial charge is 0.320 e. The third-order valence-corrected chi connectivity index (χ3v) is 4.29. The molecule has 3 nitrogen and oxygen atoms in total. The summed E-state index contributed by atoms with van der Waals surface area (Å²) in [5.74, 6) is -0.954. The topological polar surface area (TPSA) is 63.3 Å². The van der Waals surface area contributed by atoms with Crippen molar-refractivity contribution in [3.05, 3.63) is 41.5 Å². The van der Waals surface area contributed by atoms with Gasteiger partial charge in [0.2, 0.25) is 0 Å². The SMILES string of the molecule is CCCCCCCCCC/C=C/c1ccc(C[C@H](N)C(=O)O)cc1. The van der Waals surface area contributed by atoms with Crippen LogP contribution in [-0.4, -0.2) is 17.1 Å². The Hall–Kier alpha value is -1.61. The number of carboxylic acid groups (broad SMARTS) is 1. The molecular weight excluding hydrogens is 298 g/mol. The fourth-order valence-electron chi connectivity index (χ4n) is 2.72. The minimum absolute atomic E-state index is 0.373. The maximum Gasteiger partial charge on any atom is 0.320 e. The van der Waals surface area contributed by atoms with Gasteiger partial charge in [-0.15, -0.1) is 0 Å². The monoisotopic (exact) mass is 331 g/mol. The first-order chi connectivity index (χ1) is 11.6. The fourth-order valence-corrected chi connectivity index (χ4v) is 2.72. The van der Waals surface area contributed by atoms with E-state index in [2.05, 4.69) is 19.1 Å². The van der Waals surface area contributed by atoms with E-state index in [-0.39, 0.29) is 0 Å². The summed E-state index contributed by atoms with van der Waals surface area (Å²) >= 11 is 0. The molecule has 0 aliphatic rings. The Kier molecular flexibility index (Phi) is 10.9. The van der Waals surface area contributed by atoms with Crippen molar-refractivity contribution in [2.24, 2.45) is 5.73 Å². The van der Waals surface area contributed by atoms with Crippen molar-refractivity contribution in [1.82, 2.24) is 0 Å². The lowest BCUT2D eigenvalue weighted by atomic mass is 10.0. The quantitative estimate of drug-likeness (QED) is 0.489. The number of hydrogen-bond acceptors (Lipinski definition) is 2. The molecule has 24 heavy (non-hydrogen) atoms. The molecular formula is C21H33NO2. The first-order valence-electron chi connectivity index (χ1n) is 9.37. The largest absolute Gasteiger partial charge is 0.480 e. The first kappa shape index (κ1) is 20.4. The van der Waals surface area contributed by atoms with Crippen molar-refractivity contribution < 1.29 is 9.90 Å². The molecule has 134 valence electrons. The third-order valence-electron chi connectivity index (χ3n) is 4.29. The number of allylic oxidation sites excluding steroid dienone is 1. The van der Waals surface area contributed by atoms with Crippen LogP contribution in [-0.2, 0) is 11.2 Å². The van der Waals surface area contributed by atoms with Gasteiger partial charge in [-0.2, -0.15) is 0 Å². The molecule has 0 fully saturated rings. The molecule has 0 spiro atoms. The zero-order valence-corrected chi connectivity index (χ0v) is 15.0. The summed E-state index contributed by atoms with van der Waals surface area (Å²) in [5, 5.41) is 8.82. The Balaban J connectivity index is 2.15. The molecule has 0 aromatic heterocycles. The second-order valence-corrected chi connectivity index (χ2v) is 6.56. The highest BCUT2D eigenvalue weighted by atomic mass is 16.4. The maximum absolute atomic E-state index is 10.7. The van der Waals surface area contributed by atoms with Crippen molar-refractivity contribution >= 4 is 12.0 Å². The van der Waals surface area contributed by atoms with E-state index in [9.17, 15) is 4.79 Å². The van der Waals surface area contributed by atoms with Gasteiger partial charge in [-0.1, -0.05) is 88.3 Å². The van der Waals surface area contributed by atoms with Crippen LogP contribution in [0.5, 0.6) is 0 Å². The Labute approximate surface area is 147 Å². The highest BCUT2D eigenvalue weighted by molar-refractivity contribution is 5.73. The number of carboxylic acids is 1. The summed E-state index contributed by atoms with van der Waals surface area (Å²) in [4.78, 5) is 10.7. The van der Waals surface area contributed by atoms with Gasteiger partial charge in [0.1, 0.15) is 6.04 Å². The van der Waals surface area contributed by atoms with Crippen LogP contribution in [0.15, 0.2) is 30.3 Å². The van der Waals surface area contributed by atoms with E-state index >= 15 is 0 Å². The minimum Gasteiger partial charge on any atom is -0.480 e. The average molecular weight is 332 g/mol. The molecule has 0 aliphatic carbocycles. The summed E-state index contributed by atoms with van der Waals surface area (Å²) in [7, 11) is 0. The van der Waals surface area contributed by atoms with Crippen LogP contribution in [0.4, 0.5) is 0 Å². The van der Waals surface area contributed by atoms with E-state index in [0.717, 1.165) is 17.5 Å². The number of nitrogens with two attached hydrogens (primary N) is 1. The highest BCUT2D eigenvalue weighted by Gasteiger charge is 2.11. The van der Waals surface area contributed by atoms with Crippen molar-refractivity contribution in [3.63, 3.8) is 0 Å². The number of benzene rings is 1. The predicted molar refractivity (Wildman–Crippen MR) is 102 cm³/mol. The number of rotatable bonds is 13. The molecule has 3 N–H and O–H groups in total. The van der Waals surface area contributed by atoms with Crippen molar-refractivity contribution in [3.8, 4) is 0 Å². The molecule has 0 saturated carbocycles. The third kappa shape index (κ3) is 9.51. The molecule has 0 heterocycles. The van der Waals surface area contributed by atoms with Gasteiger partial charge in [0.25, 0.3) is 0 Å². The van der Waals surface area contributed by atoms with Crippen molar-refractivity contribution in [2.45, 2.75) is 77.2 Å². The zero-order valence-electron chi connectivity index (χ0n) is 15.0. The number of hydrogen-bond donors (Lipinski definition) is 2. The van der Waals surface area contributed by atoms with E-state index in [1.807, 2.05) is 24.3 Å². The predicted octanol–water partition coefficient (Wildman–Crippen LogP) is 5.19. The molecule has 0 radical (unpaired) electrons. The maximum atomic E-state index is 10.7. The lowest BCUT2D eigenvalue weighted by Gasteiger charge is -2.06. The summed E-state index contributed by atoms with van der Waals surface area (Å²) in [6.45, 7) is 2.25. The molecule has 1 rings (SSSR count). The molecule has 0 unspecified atom stereocenters. The second kappa shape index (κ2) is 12.8. The van der Waals surface area contributed by atoms with Gasteiger partial charge in [-0.05, 0) is 30.4 Å². The summed E-state index contributed by atoms with van der Waals surface area (Å²) in [5.41, 5.74) is 7.66. The standard InChI is InChI=1S/C21H33NO2/c1-2-3-4-5-6-7-8-9-10-11-12-18-13-15-19(16-14-18)17-20(22)21(23)24/h11-16,20H,2-10,17,22H2,1H3,(H,23,24)/b12-11+/t20-/m0/s1. The summed E-state index contributed by atoms with van der Waals surface area (Å²) in [6.07, 6.45) is 16.7. The summed E-state index contributed by atoms with van der Waals surface area (Å²) in [6, 6.07) is 7.13. The van der Waals surface area contributed by atoms with Gasteiger partial charge in [0, 0.05) is 0 Å². The molecule has 0 saturated heterocycles. The fraction of sp³-hybridized carbons (Fsp3) is 0.571. The van der Waals surface area contributed by atoms with Gasteiger partial charge in [0.15, 0.2) is 0 Å². The molecule has 0 amide bonds. The van der Waals surface area contributed by atoms with E-state index in [0.29, 0.717) is 6.42 Å². The van der Waals surface area contributed by atoms with Crippen LogP contribution in [0.2, 0.25) is 0 Å². The first-order valence-corrected chi connectivity index (χ1v) is 9.37. The lowest BCUT2D eigenvalue weighted by molar-refractivity contribution is -0.138. The van der Waals surface area contributed by atoms with Crippen LogP contribution < -0.4 is 5.73 Å². The number of carbonyl (C=O) groups is 1. The van der Waals surface area contributed by atoms with Gasteiger partial charge >= 0.3 is 5.97 Å². The van der Waals surface area contributed by atoms with E-state index in [4.69, 9.17) is 10.8 Å². The van der Waals surface area contributed by atoms with Gasteiger partial charge in [-0.25, -0.2) is 0 Å². The molecule has 1 aromatic rings. The van der Waals surface area contributed by atoms with E-state index in [1.165, 1.54) is 51.4 Å². The molecule has 1 atom stereocenters. The van der Waals surface area contributed by atoms with Crippen molar-refractivity contribution in [1.29, 1.82) is 0 Å².